The topological polar surface area (TPSA) is 95.5 Å². The zero-order chi connectivity index (χ0) is 19.1. The molecular weight excluding hydrogens is 366 g/mol. The lowest BCUT2D eigenvalue weighted by Crippen LogP contribution is -2.49. The molecule has 9 heteroatoms. The van der Waals surface area contributed by atoms with Gasteiger partial charge < -0.3 is 10.2 Å². The quantitative estimate of drug-likeness (QED) is 0.814. The largest absolute Gasteiger partial charge is 0.348 e. The number of imide groups is 1. The third-order valence-corrected chi connectivity index (χ3v) is 5.86. The molecule has 0 radical (unpaired) electrons. The number of piperidine rings is 1. The minimum absolute atomic E-state index is 0.171. The molecule has 8 nitrogen and oxygen atoms in total. The van der Waals surface area contributed by atoms with Gasteiger partial charge >= 0.3 is 6.03 Å². The van der Waals surface area contributed by atoms with Crippen molar-refractivity contribution in [3.05, 3.63) is 40.4 Å². The summed E-state index contributed by atoms with van der Waals surface area (Å²) < 4.78 is 3.78. The van der Waals surface area contributed by atoms with Gasteiger partial charge in [-0.3, -0.25) is 9.59 Å². The van der Waals surface area contributed by atoms with Gasteiger partial charge in [-0.2, -0.15) is 0 Å². The number of nitrogens with one attached hydrogen (secondary N) is 1. The van der Waals surface area contributed by atoms with Crippen LogP contribution < -0.4 is 10.2 Å². The summed E-state index contributed by atoms with van der Waals surface area (Å²) in [6.07, 6.45) is 1.01. The minimum Gasteiger partial charge on any atom is -0.348 e. The third-order valence-electron chi connectivity index (χ3n) is 5.03. The van der Waals surface area contributed by atoms with Gasteiger partial charge in [-0.25, -0.2) is 9.69 Å². The fourth-order valence-corrected chi connectivity index (χ4v) is 4.11. The maximum atomic E-state index is 12.9. The molecule has 2 atom stereocenters. The molecule has 27 heavy (non-hydrogen) atoms. The van der Waals surface area contributed by atoms with Crippen molar-refractivity contribution in [2.24, 2.45) is 0 Å². The van der Waals surface area contributed by atoms with Gasteiger partial charge in [0.1, 0.15) is 10.9 Å². The van der Waals surface area contributed by atoms with Gasteiger partial charge in [-0.1, -0.05) is 22.2 Å². The first-order valence-corrected chi connectivity index (χ1v) is 9.54. The van der Waals surface area contributed by atoms with Crippen molar-refractivity contribution >= 4 is 35.1 Å². The Hall–Kier alpha value is -2.81. The highest BCUT2D eigenvalue weighted by Gasteiger charge is 2.48. The van der Waals surface area contributed by atoms with E-state index in [1.807, 2.05) is 19.1 Å². The van der Waals surface area contributed by atoms with E-state index in [4.69, 9.17) is 0 Å². The lowest BCUT2D eigenvalue weighted by molar-refractivity contribution is -0.120. The van der Waals surface area contributed by atoms with Crippen LogP contribution in [0.3, 0.4) is 0 Å². The van der Waals surface area contributed by atoms with Gasteiger partial charge in [0.25, 0.3) is 11.8 Å². The molecular formula is C18H19N5O3S. The van der Waals surface area contributed by atoms with Crippen LogP contribution in [-0.2, 0) is 4.79 Å². The van der Waals surface area contributed by atoms with Crippen molar-refractivity contribution in [3.8, 4) is 0 Å². The molecule has 1 aromatic heterocycles. The number of anilines is 1. The molecule has 3 heterocycles. The molecule has 140 valence electrons. The van der Waals surface area contributed by atoms with Gasteiger partial charge in [-0.05, 0) is 50.4 Å². The van der Waals surface area contributed by atoms with E-state index in [0.29, 0.717) is 35.6 Å². The van der Waals surface area contributed by atoms with Gasteiger partial charge in [-0.15, -0.1) is 5.10 Å². The smallest absolute Gasteiger partial charge is 0.332 e. The Bertz CT molecular complexity index is 910. The Balaban J connectivity index is 1.49. The molecule has 2 saturated heterocycles. The zero-order valence-corrected chi connectivity index (χ0v) is 15.8. The number of urea groups is 1. The molecule has 2 fully saturated rings. The first-order valence-electron chi connectivity index (χ1n) is 8.76. The van der Waals surface area contributed by atoms with E-state index >= 15 is 0 Å². The summed E-state index contributed by atoms with van der Waals surface area (Å²) in [4.78, 5) is 41.3. The number of carbonyl (C=O) groups excluding carboxylic acids is 3. The van der Waals surface area contributed by atoms with E-state index in [2.05, 4.69) is 14.9 Å². The number of fused-ring (bicyclic) bond motifs is 1. The lowest BCUT2D eigenvalue weighted by atomic mass is 9.98. The van der Waals surface area contributed by atoms with Crippen molar-refractivity contribution in [1.82, 2.24) is 19.8 Å². The number of benzene rings is 1. The number of carbonyl (C=O) groups is 3. The molecule has 0 saturated carbocycles. The fourth-order valence-electron chi connectivity index (χ4n) is 3.55. The highest BCUT2D eigenvalue weighted by Crippen LogP contribution is 2.31. The summed E-state index contributed by atoms with van der Waals surface area (Å²) in [5.41, 5.74) is 2.23. The Kier molecular flexibility index (Phi) is 4.39. The summed E-state index contributed by atoms with van der Waals surface area (Å²) in [5, 5.41) is 6.80. The van der Waals surface area contributed by atoms with E-state index in [1.54, 1.807) is 24.0 Å². The second-order valence-electron chi connectivity index (χ2n) is 6.88. The third kappa shape index (κ3) is 3.08. The number of amides is 4. The standard InChI is InChI=1S/C18H19N5O3S/c1-10-3-5-13(6-4-10)23-17(25)14-9-12(7-8-22(14)18(23)26)19-16(24)15-11(2)20-21-27-15/h3-6,12,14H,7-9H2,1-2H3,(H,19,24)/t12-,14-/m0/s1. The molecule has 0 unspecified atom stereocenters. The average molecular weight is 385 g/mol. The highest BCUT2D eigenvalue weighted by atomic mass is 32.1. The van der Waals surface area contributed by atoms with Crippen LogP contribution >= 0.6 is 11.5 Å². The summed E-state index contributed by atoms with van der Waals surface area (Å²) in [7, 11) is 0. The van der Waals surface area contributed by atoms with E-state index in [0.717, 1.165) is 17.1 Å². The maximum Gasteiger partial charge on any atom is 0.332 e. The number of rotatable bonds is 3. The number of nitrogens with zero attached hydrogens (tertiary/aromatic N) is 4. The number of hydrogen-bond donors (Lipinski definition) is 1. The molecule has 0 spiro atoms. The number of hydrogen-bond acceptors (Lipinski definition) is 6. The van der Waals surface area contributed by atoms with Crippen molar-refractivity contribution in [3.63, 3.8) is 0 Å². The van der Waals surface area contributed by atoms with E-state index < -0.39 is 6.04 Å². The molecule has 2 aliphatic heterocycles. The lowest BCUT2D eigenvalue weighted by Gasteiger charge is -2.32. The summed E-state index contributed by atoms with van der Waals surface area (Å²) in [6, 6.07) is 6.31. The summed E-state index contributed by atoms with van der Waals surface area (Å²) in [5.74, 6) is -0.466. The van der Waals surface area contributed by atoms with Crippen LogP contribution in [0.15, 0.2) is 24.3 Å². The van der Waals surface area contributed by atoms with Crippen LogP contribution in [0, 0.1) is 13.8 Å². The second-order valence-corrected chi connectivity index (χ2v) is 7.64. The monoisotopic (exact) mass is 385 g/mol. The minimum atomic E-state index is -0.543. The van der Waals surface area contributed by atoms with Crippen molar-refractivity contribution in [2.75, 3.05) is 11.4 Å². The SMILES string of the molecule is Cc1ccc(N2C(=O)[C@@H]3C[C@@H](NC(=O)c4snnc4C)CCN3C2=O)cc1. The molecule has 0 bridgehead atoms. The van der Waals surface area contributed by atoms with Crippen LogP contribution in [0.2, 0.25) is 0 Å². The highest BCUT2D eigenvalue weighted by molar-refractivity contribution is 7.08. The zero-order valence-electron chi connectivity index (χ0n) is 15.0. The molecule has 4 rings (SSSR count). The molecule has 4 amide bonds. The maximum absolute atomic E-state index is 12.9. The van der Waals surface area contributed by atoms with Crippen molar-refractivity contribution < 1.29 is 14.4 Å². The van der Waals surface area contributed by atoms with E-state index in [-0.39, 0.29) is 23.9 Å². The van der Waals surface area contributed by atoms with Crippen LogP contribution in [0.5, 0.6) is 0 Å². The van der Waals surface area contributed by atoms with Gasteiger partial charge in [0.15, 0.2) is 0 Å². The van der Waals surface area contributed by atoms with Gasteiger partial charge in [0.05, 0.1) is 11.4 Å². The average Bonchev–Trinajstić information content (AvgIpc) is 3.18. The number of aryl methyl sites for hydroxylation is 2. The van der Waals surface area contributed by atoms with E-state index in [1.165, 1.54) is 4.90 Å². The Labute approximate surface area is 160 Å². The first-order chi connectivity index (χ1) is 13.0. The van der Waals surface area contributed by atoms with Crippen LogP contribution in [0.1, 0.15) is 33.8 Å². The van der Waals surface area contributed by atoms with Crippen molar-refractivity contribution in [1.29, 1.82) is 0 Å². The van der Waals surface area contributed by atoms with Gasteiger partial charge in [0.2, 0.25) is 0 Å². The van der Waals surface area contributed by atoms with Gasteiger partial charge in [0, 0.05) is 12.6 Å². The first kappa shape index (κ1) is 17.6. The Morgan fingerprint density at radius 3 is 2.63 bits per heavy atom. The van der Waals surface area contributed by atoms with Crippen LogP contribution in [-0.4, -0.2) is 51.0 Å². The Morgan fingerprint density at radius 2 is 1.96 bits per heavy atom. The van der Waals surface area contributed by atoms with E-state index in [9.17, 15) is 14.4 Å². The summed E-state index contributed by atoms with van der Waals surface area (Å²) >= 11 is 1.05. The van der Waals surface area contributed by atoms with Crippen molar-refractivity contribution in [2.45, 2.75) is 38.8 Å². The predicted molar refractivity (Wildman–Crippen MR) is 99.7 cm³/mol. The molecule has 1 N–H and O–H groups in total. The predicted octanol–water partition coefficient (Wildman–Crippen LogP) is 1.88. The summed E-state index contributed by atoms with van der Waals surface area (Å²) in [6.45, 7) is 4.12. The van der Waals surface area contributed by atoms with Crippen LogP contribution in [0.25, 0.3) is 0 Å². The Morgan fingerprint density at radius 1 is 1.22 bits per heavy atom. The fraction of sp³-hybridized carbons (Fsp3) is 0.389. The molecule has 2 aliphatic rings. The normalized spacial score (nSPS) is 22.1. The molecule has 1 aromatic carbocycles. The van der Waals surface area contributed by atoms with Crippen LogP contribution in [0.4, 0.5) is 10.5 Å². The second kappa shape index (κ2) is 6.73. The molecule has 2 aromatic rings. The molecule has 0 aliphatic carbocycles. The number of aromatic nitrogens is 2.